The van der Waals surface area contributed by atoms with Crippen LogP contribution in [-0.2, 0) is 13.0 Å². The van der Waals surface area contributed by atoms with Crippen molar-refractivity contribution in [1.29, 1.82) is 0 Å². The van der Waals surface area contributed by atoms with Crippen LogP contribution in [0.5, 0.6) is 0 Å². The maximum atomic E-state index is 11.2. The van der Waals surface area contributed by atoms with Crippen LogP contribution >= 0.6 is 0 Å². The monoisotopic (exact) mass is 313 g/mol. The molecule has 22 heavy (non-hydrogen) atoms. The summed E-state index contributed by atoms with van der Waals surface area (Å²) >= 11 is 0. The fraction of sp³-hybridized carbons (Fsp3) is 0.667. The number of aromatic nitrogens is 3. The minimum Gasteiger partial charge on any atom is -0.465 e. The molecule has 2 heterocycles. The van der Waals surface area contributed by atoms with Gasteiger partial charge in [0.1, 0.15) is 0 Å². The number of carbonyl (C=O) groups is 2. The smallest absolute Gasteiger partial charge is 0.407 e. The highest BCUT2D eigenvalue weighted by atomic mass is 16.4. The third kappa shape index (κ3) is 3.85. The first-order valence-electron chi connectivity index (χ1n) is 6.98. The van der Waals surface area contributed by atoms with Gasteiger partial charge in [0.25, 0.3) is 0 Å². The summed E-state index contributed by atoms with van der Waals surface area (Å²) in [6, 6.07) is -0.409. The van der Waals surface area contributed by atoms with Crippen LogP contribution < -0.4 is 0 Å². The Kier molecular flexibility index (Phi) is 5.15. The van der Waals surface area contributed by atoms with Gasteiger partial charge in [-0.25, -0.2) is 9.59 Å². The fourth-order valence-electron chi connectivity index (χ4n) is 2.49. The van der Waals surface area contributed by atoms with E-state index in [1.165, 1.54) is 9.80 Å². The Morgan fingerprint density at radius 3 is 2.68 bits per heavy atom. The Balaban J connectivity index is 1.96. The first-order valence-corrected chi connectivity index (χ1v) is 6.98. The zero-order valence-electron chi connectivity index (χ0n) is 12.0. The molecule has 1 aliphatic rings. The molecular weight excluding hydrogens is 294 g/mol. The SMILES string of the molecule is O=C(O)N1CCN(C(=O)O)[C@H](CCn2cc(CCO)nn2)C1. The Hall–Kier alpha value is -2.36. The molecule has 1 aliphatic heterocycles. The van der Waals surface area contributed by atoms with E-state index in [0.29, 0.717) is 25.1 Å². The third-order valence-electron chi connectivity index (χ3n) is 3.64. The fourth-order valence-corrected chi connectivity index (χ4v) is 2.49. The van der Waals surface area contributed by atoms with E-state index in [4.69, 9.17) is 10.2 Å². The molecule has 0 unspecified atom stereocenters. The lowest BCUT2D eigenvalue weighted by Gasteiger charge is -2.38. The highest BCUT2D eigenvalue weighted by Gasteiger charge is 2.32. The summed E-state index contributed by atoms with van der Waals surface area (Å²) in [5.74, 6) is 0. The number of aliphatic hydroxyl groups is 1. The van der Waals surface area contributed by atoms with E-state index < -0.39 is 18.2 Å². The van der Waals surface area contributed by atoms with Gasteiger partial charge in [-0.1, -0.05) is 5.21 Å². The van der Waals surface area contributed by atoms with Gasteiger partial charge < -0.3 is 25.1 Å². The zero-order valence-corrected chi connectivity index (χ0v) is 12.0. The minimum atomic E-state index is -1.05. The quantitative estimate of drug-likeness (QED) is 0.670. The second-order valence-electron chi connectivity index (χ2n) is 5.09. The molecule has 1 aromatic heterocycles. The molecule has 0 aromatic carbocycles. The average Bonchev–Trinajstić information content (AvgIpc) is 2.92. The molecule has 0 bridgehead atoms. The molecule has 0 saturated carbocycles. The Bertz CT molecular complexity index is 534. The molecule has 0 radical (unpaired) electrons. The first kappa shape index (κ1) is 16.0. The normalized spacial score (nSPS) is 18.5. The van der Waals surface area contributed by atoms with Crippen LogP contribution in [0, 0.1) is 0 Å². The summed E-state index contributed by atoms with van der Waals surface area (Å²) in [4.78, 5) is 24.8. The Morgan fingerprint density at radius 1 is 1.27 bits per heavy atom. The molecule has 0 aliphatic carbocycles. The standard InChI is InChI=1S/C12H19N5O5/c18-6-2-9-7-16(14-13-9)3-1-10-8-15(11(19)20)4-5-17(10)12(21)22/h7,10,18H,1-6,8H2,(H,19,20)(H,21,22)/t10-/m1/s1. The zero-order chi connectivity index (χ0) is 16.1. The van der Waals surface area contributed by atoms with E-state index >= 15 is 0 Å². The minimum absolute atomic E-state index is 0.0122. The van der Waals surface area contributed by atoms with Gasteiger partial charge in [-0.2, -0.15) is 0 Å². The number of carboxylic acid groups (broad SMARTS) is 2. The van der Waals surface area contributed by atoms with Gasteiger partial charge in [0.15, 0.2) is 0 Å². The van der Waals surface area contributed by atoms with Crippen molar-refractivity contribution in [3.63, 3.8) is 0 Å². The van der Waals surface area contributed by atoms with Crippen LogP contribution in [0.3, 0.4) is 0 Å². The van der Waals surface area contributed by atoms with Crippen LogP contribution in [0.1, 0.15) is 12.1 Å². The molecule has 10 heteroatoms. The number of nitrogens with zero attached hydrogens (tertiary/aromatic N) is 5. The Morgan fingerprint density at radius 2 is 2.05 bits per heavy atom. The van der Waals surface area contributed by atoms with Crippen LogP contribution in [0.25, 0.3) is 0 Å². The molecule has 2 rings (SSSR count). The van der Waals surface area contributed by atoms with Gasteiger partial charge in [-0.15, -0.1) is 5.10 Å². The first-order chi connectivity index (χ1) is 10.5. The number of rotatable bonds is 5. The lowest BCUT2D eigenvalue weighted by Crippen LogP contribution is -2.56. The van der Waals surface area contributed by atoms with Gasteiger partial charge in [-0.3, -0.25) is 4.68 Å². The second kappa shape index (κ2) is 7.07. The predicted molar refractivity (Wildman–Crippen MR) is 73.5 cm³/mol. The summed E-state index contributed by atoms with van der Waals surface area (Å²) in [6.07, 6.45) is 0.463. The molecule has 2 amide bonds. The molecule has 0 spiro atoms. The molecular formula is C12H19N5O5. The number of aryl methyl sites for hydroxylation is 1. The van der Waals surface area contributed by atoms with Crippen LogP contribution in [-0.4, -0.2) is 84.6 Å². The topological polar surface area (TPSA) is 132 Å². The summed E-state index contributed by atoms with van der Waals surface area (Å²) in [7, 11) is 0. The van der Waals surface area contributed by atoms with Crippen molar-refractivity contribution in [2.75, 3.05) is 26.2 Å². The molecule has 3 N–H and O–H groups in total. The molecule has 1 aromatic rings. The number of amides is 2. The molecule has 1 atom stereocenters. The van der Waals surface area contributed by atoms with Crippen molar-refractivity contribution in [3.05, 3.63) is 11.9 Å². The average molecular weight is 313 g/mol. The summed E-state index contributed by atoms with van der Waals surface area (Å²) in [5, 5.41) is 34.9. The van der Waals surface area contributed by atoms with Crippen molar-refractivity contribution in [2.24, 2.45) is 0 Å². The highest BCUT2D eigenvalue weighted by molar-refractivity contribution is 5.68. The number of piperazine rings is 1. The summed E-state index contributed by atoms with van der Waals surface area (Å²) in [5.41, 5.74) is 0.661. The van der Waals surface area contributed by atoms with Crippen LogP contribution in [0.4, 0.5) is 9.59 Å². The van der Waals surface area contributed by atoms with E-state index in [2.05, 4.69) is 10.3 Å². The van der Waals surface area contributed by atoms with Crippen molar-refractivity contribution in [1.82, 2.24) is 24.8 Å². The Labute approximate surface area is 126 Å². The molecule has 1 fully saturated rings. The van der Waals surface area contributed by atoms with E-state index in [1.807, 2.05) is 0 Å². The van der Waals surface area contributed by atoms with E-state index in [0.717, 1.165) is 0 Å². The number of hydrogen-bond acceptors (Lipinski definition) is 5. The predicted octanol–water partition coefficient (Wildman–Crippen LogP) is -0.455. The van der Waals surface area contributed by atoms with Crippen molar-refractivity contribution >= 4 is 12.2 Å². The maximum Gasteiger partial charge on any atom is 0.407 e. The molecule has 122 valence electrons. The summed E-state index contributed by atoms with van der Waals surface area (Å²) < 4.78 is 1.57. The van der Waals surface area contributed by atoms with Crippen LogP contribution in [0.15, 0.2) is 6.20 Å². The van der Waals surface area contributed by atoms with Gasteiger partial charge in [0.05, 0.1) is 11.7 Å². The lowest BCUT2D eigenvalue weighted by molar-refractivity contribution is 0.0593. The lowest BCUT2D eigenvalue weighted by atomic mass is 10.1. The van der Waals surface area contributed by atoms with Gasteiger partial charge in [0.2, 0.25) is 0 Å². The maximum absolute atomic E-state index is 11.2. The number of hydrogen-bond donors (Lipinski definition) is 3. The molecule has 1 saturated heterocycles. The summed E-state index contributed by atoms with van der Waals surface area (Å²) in [6.45, 7) is 0.920. The van der Waals surface area contributed by atoms with E-state index in [1.54, 1.807) is 10.9 Å². The van der Waals surface area contributed by atoms with Crippen molar-refractivity contribution in [3.8, 4) is 0 Å². The second-order valence-corrected chi connectivity index (χ2v) is 5.09. The van der Waals surface area contributed by atoms with Crippen molar-refractivity contribution < 1.29 is 24.9 Å². The van der Waals surface area contributed by atoms with Gasteiger partial charge in [-0.05, 0) is 6.42 Å². The van der Waals surface area contributed by atoms with Gasteiger partial charge >= 0.3 is 12.2 Å². The van der Waals surface area contributed by atoms with E-state index in [-0.39, 0.29) is 26.2 Å². The van der Waals surface area contributed by atoms with Crippen LogP contribution in [0.2, 0.25) is 0 Å². The third-order valence-corrected chi connectivity index (χ3v) is 3.64. The molecule has 10 nitrogen and oxygen atoms in total. The van der Waals surface area contributed by atoms with Gasteiger partial charge in [0, 0.05) is 45.4 Å². The largest absolute Gasteiger partial charge is 0.465 e. The van der Waals surface area contributed by atoms with E-state index in [9.17, 15) is 14.7 Å². The number of aliphatic hydroxyl groups excluding tert-OH is 1. The highest BCUT2D eigenvalue weighted by Crippen LogP contribution is 2.14. The van der Waals surface area contributed by atoms with Crippen molar-refractivity contribution in [2.45, 2.75) is 25.4 Å².